The smallest absolute Gasteiger partial charge is 0.319 e. The van der Waals surface area contributed by atoms with Crippen LogP contribution >= 0.6 is 0 Å². The number of methoxy groups -OCH3 is 4. The van der Waals surface area contributed by atoms with E-state index in [1.54, 1.807) is 0 Å². The van der Waals surface area contributed by atoms with Gasteiger partial charge in [0.25, 0.3) is 10.0 Å². The van der Waals surface area contributed by atoms with E-state index in [1.807, 2.05) is 0 Å². The molecule has 9 nitrogen and oxygen atoms in total. The summed E-state index contributed by atoms with van der Waals surface area (Å²) in [7, 11) is 1.72. The van der Waals surface area contributed by atoms with E-state index in [1.165, 1.54) is 52.8 Å². The van der Waals surface area contributed by atoms with Gasteiger partial charge in [0.05, 0.1) is 39.5 Å². The Morgan fingerprint density at radius 1 is 0.958 bits per heavy atom. The molecule has 0 saturated carbocycles. The topological polar surface area (TPSA) is 109 Å². The minimum absolute atomic E-state index is 0.0157. The first-order valence-corrected chi connectivity index (χ1v) is 8.13. The highest BCUT2D eigenvalue weighted by molar-refractivity contribution is 7.92. The number of ether oxygens (including phenoxy) is 4. The maximum Gasteiger partial charge on any atom is 0.319 e. The van der Waals surface area contributed by atoms with Crippen molar-refractivity contribution in [2.75, 3.05) is 33.2 Å². The van der Waals surface area contributed by atoms with Crippen LogP contribution in [0.25, 0.3) is 0 Å². The average Bonchev–Trinajstić information content (AvgIpc) is 2.61. The zero-order chi connectivity index (χ0) is 17.7. The number of anilines is 1. The van der Waals surface area contributed by atoms with Gasteiger partial charge in [0.1, 0.15) is 5.69 Å². The van der Waals surface area contributed by atoms with Crippen LogP contribution in [0.5, 0.6) is 23.4 Å². The van der Waals surface area contributed by atoms with Crippen molar-refractivity contribution in [3.05, 3.63) is 24.4 Å². The van der Waals surface area contributed by atoms with E-state index < -0.39 is 10.0 Å². The van der Waals surface area contributed by atoms with Crippen LogP contribution in [0.2, 0.25) is 0 Å². The Kier molecular flexibility index (Phi) is 5.29. The van der Waals surface area contributed by atoms with Crippen LogP contribution in [-0.4, -0.2) is 46.8 Å². The first-order valence-electron chi connectivity index (χ1n) is 6.65. The first-order chi connectivity index (χ1) is 11.4. The highest BCUT2D eigenvalue weighted by atomic mass is 32.2. The minimum atomic E-state index is -3.91. The summed E-state index contributed by atoms with van der Waals surface area (Å²) in [5.74, 6) is 0.742. The highest BCUT2D eigenvalue weighted by Crippen LogP contribution is 2.31. The Bertz CT molecular complexity index is 825. The molecule has 10 heteroatoms. The van der Waals surface area contributed by atoms with Crippen molar-refractivity contribution in [2.45, 2.75) is 4.90 Å². The van der Waals surface area contributed by atoms with Crippen LogP contribution in [0, 0.1) is 0 Å². The van der Waals surface area contributed by atoms with Crippen molar-refractivity contribution in [1.29, 1.82) is 0 Å². The Morgan fingerprint density at radius 2 is 1.67 bits per heavy atom. The fourth-order valence-electron chi connectivity index (χ4n) is 1.86. The molecule has 0 atom stereocenters. The van der Waals surface area contributed by atoms with Gasteiger partial charge in [-0.05, 0) is 12.1 Å². The van der Waals surface area contributed by atoms with Crippen molar-refractivity contribution in [3.8, 4) is 23.4 Å². The van der Waals surface area contributed by atoms with Crippen LogP contribution in [0.15, 0.2) is 29.3 Å². The second-order valence-electron chi connectivity index (χ2n) is 4.40. The van der Waals surface area contributed by atoms with Crippen LogP contribution < -0.4 is 23.7 Å². The molecule has 2 aromatic rings. The predicted octanol–water partition coefficient (Wildman–Crippen LogP) is 1.31. The monoisotopic (exact) mass is 355 g/mol. The molecular formula is C14H17N3O6S. The van der Waals surface area contributed by atoms with Gasteiger partial charge < -0.3 is 18.9 Å². The molecule has 0 spiro atoms. The number of rotatable bonds is 7. The van der Waals surface area contributed by atoms with Gasteiger partial charge in [0, 0.05) is 6.07 Å². The van der Waals surface area contributed by atoms with Crippen molar-refractivity contribution < 1.29 is 27.4 Å². The predicted molar refractivity (Wildman–Crippen MR) is 85.5 cm³/mol. The van der Waals surface area contributed by atoms with E-state index in [2.05, 4.69) is 14.7 Å². The summed E-state index contributed by atoms with van der Waals surface area (Å²) in [6.07, 6.45) is 1.25. The Balaban J connectivity index is 2.38. The molecular weight excluding hydrogens is 338 g/mol. The van der Waals surface area contributed by atoms with E-state index in [4.69, 9.17) is 18.9 Å². The van der Waals surface area contributed by atoms with E-state index in [9.17, 15) is 8.42 Å². The summed E-state index contributed by atoms with van der Waals surface area (Å²) in [6, 6.07) is 4.29. The summed E-state index contributed by atoms with van der Waals surface area (Å²) in [4.78, 5) is 7.77. The maximum absolute atomic E-state index is 12.5. The largest absolute Gasteiger partial charge is 0.493 e. The zero-order valence-corrected chi connectivity index (χ0v) is 14.4. The lowest BCUT2D eigenvalue weighted by atomic mass is 10.3. The van der Waals surface area contributed by atoms with Gasteiger partial charge in [0.15, 0.2) is 11.5 Å². The number of sulfonamides is 1. The molecule has 1 aromatic carbocycles. The minimum Gasteiger partial charge on any atom is -0.493 e. The molecule has 24 heavy (non-hydrogen) atoms. The quantitative estimate of drug-likeness (QED) is 0.792. The molecule has 0 amide bonds. The third-order valence-electron chi connectivity index (χ3n) is 3.02. The maximum atomic E-state index is 12.5. The number of benzene rings is 1. The molecule has 0 fully saturated rings. The number of hydrogen-bond donors (Lipinski definition) is 1. The van der Waals surface area contributed by atoms with Gasteiger partial charge in [-0.2, -0.15) is 4.98 Å². The first kappa shape index (κ1) is 17.6. The molecule has 1 aromatic heterocycles. The fraction of sp³-hybridized carbons (Fsp3) is 0.286. The zero-order valence-electron chi connectivity index (χ0n) is 13.6. The summed E-state index contributed by atoms with van der Waals surface area (Å²) in [5.41, 5.74) is 0.0769. The van der Waals surface area contributed by atoms with Crippen molar-refractivity contribution in [1.82, 2.24) is 9.97 Å². The van der Waals surface area contributed by atoms with Crippen molar-refractivity contribution in [2.24, 2.45) is 0 Å². The van der Waals surface area contributed by atoms with E-state index >= 15 is 0 Å². The third kappa shape index (κ3) is 3.59. The SMILES string of the molecule is COc1ncc(NS(=O)(=O)c2ccc(OC)c(OC)c2)c(OC)n1. The van der Waals surface area contributed by atoms with Gasteiger partial charge in [-0.15, -0.1) is 0 Å². The molecule has 0 aliphatic heterocycles. The fourth-order valence-corrected chi connectivity index (χ4v) is 2.92. The van der Waals surface area contributed by atoms with E-state index in [-0.39, 0.29) is 22.5 Å². The van der Waals surface area contributed by atoms with Gasteiger partial charge >= 0.3 is 6.01 Å². The summed E-state index contributed by atoms with van der Waals surface area (Å²) in [5, 5.41) is 0. The number of aromatic nitrogens is 2. The molecule has 0 radical (unpaired) electrons. The number of nitrogens with one attached hydrogen (secondary N) is 1. The van der Waals surface area contributed by atoms with Gasteiger partial charge in [-0.3, -0.25) is 4.72 Å². The van der Waals surface area contributed by atoms with Gasteiger partial charge in [-0.1, -0.05) is 0 Å². The summed E-state index contributed by atoms with van der Waals surface area (Å²) in [6.45, 7) is 0. The lowest BCUT2D eigenvalue weighted by Crippen LogP contribution is -2.14. The second-order valence-corrected chi connectivity index (χ2v) is 6.08. The molecule has 2 rings (SSSR count). The van der Waals surface area contributed by atoms with Crippen molar-refractivity contribution >= 4 is 15.7 Å². The average molecular weight is 355 g/mol. The van der Waals surface area contributed by atoms with Crippen LogP contribution in [0.4, 0.5) is 5.69 Å². The third-order valence-corrected chi connectivity index (χ3v) is 4.38. The standard InChI is InChI=1S/C14H17N3O6S/c1-20-11-6-5-9(7-12(11)21-2)24(18,19)17-10-8-15-14(23-4)16-13(10)22-3/h5-8,17H,1-4H3. The Labute approximate surface area is 139 Å². The van der Waals surface area contributed by atoms with Gasteiger partial charge in [0.2, 0.25) is 5.88 Å². The van der Waals surface area contributed by atoms with E-state index in [0.29, 0.717) is 11.5 Å². The lowest BCUT2D eigenvalue weighted by Gasteiger charge is -2.13. The molecule has 0 bridgehead atoms. The van der Waals surface area contributed by atoms with Crippen LogP contribution in [0.1, 0.15) is 0 Å². The molecule has 0 saturated heterocycles. The molecule has 1 heterocycles. The van der Waals surface area contributed by atoms with Gasteiger partial charge in [-0.25, -0.2) is 13.4 Å². The van der Waals surface area contributed by atoms with E-state index in [0.717, 1.165) is 0 Å². The summed E-state index contributed by atoms with van der Waals surface area (Å²) < 4.78 is 47.6. The van der Waals surface area contributed by atoms with Crippen LogP contribution in [-0.2, 0) is 10.0 Å². The number of hydrogen-bond acceptors (Lipinski definition) is 8. The molecule has 0 aliphatic carbocycles. The van der Waals surface area contributed by atoms with Crippen molar-refractivity contribution in [3.63, 3.8) is 0 Å². The Morgan fingerprint density at radius 3 is 2.25 bits per heavy atom. The molecule has 130 valence electrons. The highest BCUT2D eigenvalue weighted by Gasteiger charge is 2.20. The molecule has 0 unspecified atom stereocenters. The normalized spacial score (nSPS) is 10.8. The Hall–Kier alpha value is -2.75. The lowest BCUT2D eigenvalue weighted by molar-refractivity contribution is 0.353. The van der Waals surface area contributed by atoms with Crippen LogP contribution in [0.3, 0.4) is 0 Å². The summed E-state index contributed by atoms with van der Waals surface area (Å²) >= 11 is 0. The second kappa shape index (κ2) is 7.21. The number of nitrogens with zero attached hydrogens (tertiary/aromatic N) is 2. The molecule has 0 aliphatic rings. The molecule has 1 N–H and O–H groups in total.